The van der Waals surface area contributed by atoms with Gasteiger partial charge < -0.3 is 4.74 Å². The normalized spacial score (nSPS) is 12.3. The number of nitrogens with zero attached hydrogens (tertiary/aromatic N) is 2. The number of hydrogen-bond donors (Lipinski definition) is 0. The molecule has 158 valence electrons. The summed E-state index contributed by atoms with van der Waals surface area (Å²) in [7, 11) is 2.14. The predicted molar refractivity (Wildman–Crippen MR) is 129 cm³/mol. The van der Waals surface area contributed by atoms with Gasteiger partial charge in [0.15, 0.2) is 0 Å². The Morgan fingerprint density at radius 1 is 0.871 bits per heavy atom. The van der Waals surface area contributed by atoms with E-state index >= 15 is 0 Å². The number of rotatable bonds is 8. The fourth-order valence-electron chi connectivity index (χ4n) is 4.13. The van der Waals surface area contributed by atoms with Crippen molar-refractivity contribution in [3.63, 3.8) is 0 Å². The second-order valence-electron chi connectivity index (χ2n) is 8.18. The predicted octanol–water partition coefficient (Wildman–Crippen LogP) is 6.50. The molecule has 0 aliphatic rings. The lowest BCUT2D eigenvalue weighted by Gasteiger charge is -2.25. The fourth-order valence-corrected chi connectivity index (χ4v) is 4.13. The largest absolute Gasteiger partial charge is 0.488 e. The van der Waals surface area contributed by atoms with Crippen LogP contribution in [0, 0.1) is 6.92 Å². The zero-order chi connectivity index (χ0) is 21.6. The molecule has 3 aromatic carbocycles. The molecule has 1 heterocycles. The van der Waals surface area contributed by atoms with E-state index in [0.717, 1.165) is 30.6 Å². The molecule has 0 bridgehead atoms. The molecule has 0 radical (unpaired) electrons. The lowest BCUT2D eigenvalue weighted by atomic mass is 9.95. The van der Waals surface area contributed by atoms with Gasteiger partial charge in [-0.1, -0.05) is 67.6 Å². The number of ether oxygens (including phenoxy) is 1. The number of aromatic nitrogens is 1. The minimum atomic E-state index is 0.120. The summed E-state index contributed by atoms with van der Waals surface area (Å²) in [5, 5.41) is 2.39. The van der Waals surface area contributed by atoms with E-state index in [2.05, 4.69) is 97.5 Å². The first kappa shape index (κ1) is 21.1. The maximum Gasteiger partial charge on any atom is 0.127 e. The number of hydrogen-bond acceptors (Lipinski definition) is 3. The van der Waals surface area contributed by atoms with Crippen LogP contribution >= 0.6 is 0 Å². The Morgan fingerprint density at radius 3 is 2.39 bits per heavy atom. The van der Waals surface area contributed by atoms with Crippen molar-refractivity contribution < 1.29 is 4.74 Å². The molecular weight excluding hydrogens is 380 g/mol. The third-order valence-electron chi connectivity index (χ3n) is 5.76. The number of fused-ring (bicyclic) bond motifs is 1. The van der Waals surface area contributed by atoms with E-state index in [1.54, 1.807) is 0 Å². The zero-order valence-corrected chi connectivity index (χ0v) is 18.6. The van der Waals surface area contributed by atoms with Gasteiger partial charge in [0, 0.05) is 30.9 Å². The third kappa shape index (κ3) is 4.95. The monoisotopic (exact) mass is 410 g/mol. The van der Waals surface area contributed by atoms with E-state index < -0.39 is 0 Å². The van der Waals surface area contributed by atoms with Crippen molar-refractivity contribution in [3.05, 3.63) is 96.3 Å². The first-order chi connectivity index (χ1) is 15.2. The minimum Gasteiger partial charge on any atom is -0.488 e. The van der Waals surface area contributed by atoms with Gasteiger partial charge >= 0.3 is 0 Å². The van der Waals surface area contributed by atoms with Gasteiger partial charge in [0.2, 0.25) is 0 Å². The highest BCUT2D eigenvalue weighted by Gasteiger charge is 2.15. The van der Waals surface area contributed by atoms with E-state index in [1.165, 1.54) is 27.6 Å². The highest BCUT2D eigenvalue weighted by molar-refractivity contribution is 6.00. The molecule has 0 spiro atoms. The Morgan fingerprint density at radius 2 is 1.65 bits per heavy atom. The van der Waals surface area contributed by atoms with Gasteiger partial charge in [-0.2, -0.15) is 0 Å². The zero-order valence-electron chi connectivity index (χ0n) is 18.6. The molecule has 0 saturated carbocycles. The lowest BCUT2D eigenvalue weighted by molar-refractivity contribution is 0.142. The van der Waals surface area contributed by atoms with Crippen molar-refractivity contribution in [2.45, 2.75) is 32.9 Å². The van der Waals surface area contributed by atoms with Crippen molar-refractivity contribution >= 4 is 10.8 Å². The molecule has 1 aromatic heterocycles. The molecule has 1 atom stereocenters. The van der Waals surface area contributed by atoms with Crippen LogP contribution in [0.4, 0.5) is 0 Å². The van der Waals surface area contributed by atoms with E-state index in [4.69, 9.17) is 4.74 Å². The third-order valence-corrected chi connectivity index (χ3v) is 5.76. The maximum atomic E-state index is 6.55. The van der Waals surface area contributed by atoms with E-state index in [9.17, 15) is 0 Å². The first-order valence-electron chi connectivity index (χ1n) is 11.0. The molecule has 0 fully saturated rings. The Balaban J connectivity index is 1.58. The summed E-state index contributed by atoms with van der Waals surface area (Å²) in [6, 6.07) is 25.5. The summed E-state index contributed by atoms with van der Waals surface area (Å²) in [5.74, 6) is 0.953. The molecule has 3 heteroatoms. The molecule has 31 heavy (non-hydrogen) atoms. The van der Waals surface area contributed by atoms with E-state index in [0.29, 0.717) is 0 Å². The van der Waals surface area contributed by atoms with Crippen LogP contribution in [0.1, 0.15) is 24.5 Å². The Labute approximate surface area is 185 Å². The highest BCUT2D eigenvalue weighted by Crippen LogP contribution is 2.36. The van der Waals surface area contributed by atoms with Crippen molar-refractivity contribution in [1.29, 1.82) is 0 Å². The first-order valence-corrected chi connectivity index (χ1v) is 11.0. The number of pyridine rings is 1. The topological polar surface area (TPSA) is 25.4 Å². The smallest absolute Gasteiger partial charge is 0.127 e. The quantitative estimate of drug-likeness (QED) is 0.331. The second-order valence-corrected chi connectivity index (χ2v) is 8.18. The summed E-state index contributed by atoms with van der Waals surface area (Å²) in [5.41, 5.74) is 5.02. The molecule has 3 nitrogen and oxygen atoms in total. The Hall–Kier alpha value is -3.17. The summed E-state index contributed by atoms with van der Waals surface area (Å²) in [6.07, 6.45) is 4.81. The van der Waals surface area contributed by atoms with Gasteiger partial charge in [-0.15, -0.1) is 0 Å². The molecule has 4 rings (SSSR count). The summed E-state index contributed by atoms with van der Waals surface area (Å²) < 4.78 is 6.55. The van der Waals surface area contributed by atoms with E-state index in [1.807, 2.05) is 18.5 Å². The Bertz CT molecular complexity index is 1140. The number of benzene rings is 3. The van der Waals surface area contributed by atoms with Crippen LogP contribution in [-0.2, 0) is 6.54 Å². The number of aryl methyl sites for hydroxylation is 1. The molecule has 0 saturated heterocycles. The van der Waals surface area contributed by atoms with Gasteiger partial charge in [0.1, 0.15) is 11.9 Å². The van der Waals surface area contributed by atoms with E-state index in [-0.39, 0.29) is 6.10 Å². The number of likely N-dealkylation sites (N-methyl/N-ethyl adjacent to an activating group) is 1. The van der Waals surface area contributed by atoms with Gasteiger partial charge in [-0.25, -0.2) is 0 Å². The highest BCUT2D eigenvalue weighted by atomic mass is 16.5. The van der Waals surface area contributed by atoms with Crippen molar-refractivity contribution in [2.24, 2.45) is 0 Å². The van der Waals surface area contributed by atoms with Crippen molar-refractivity contribution in [3.8, 4) is 16.9 Å². The average Bonchev–Trinajstić information content (AvgIpc) is 2.80. The summed E-state index contributed by atoms with van der Waals surface area (Å²) in [6.45, 7) is 6.08. The maximum absolute atomic E-state index is 6.55. The molecule has 1 unspecified atom stereocenters. The lowest BCUT2D eigenvalue weighted by Crippen LogP contribution is -2.32. The average molecular weight is 411 g/mol. The molecule has 0 aliphatic heterocycles. The van der Waals surface area contributed by atoms with Crippen LogP contribution in [0.15, 0.2) is 85.2 Å². The molecule has 0 aliphatic carbocycles. The second kappa shape index (κ2) is 9.76. The molecule has 0 amide bonds. The van der Waals surface area contributed by atoms with Crippen LogP contribution in [-0.4, -0.2) is 29.6 Å². The van der Waals surface area contributed by atoms with Crippen molar-refractivity contribution in [1.82, 2.24) is 9.88 Å². The summed E-state index contributed by atoms with van der Waals surface area (Å²) in [4.78, 5) is 6.52. The standard InChI is InChI=1S/C28H30N2O/c1-4-23(20-30(3)19-22-11-9-17-29-18-22)31-28-16-15-26(24-12-6-5-10-21(24)2)25-13-7-8-14-27(25)28/h5-18,23H,4,19-20H2,1-3H3. The van der Waals surface area contributed by atoms with Gasteiger partial charge in [0.05, 0.1) is 0 Å². The SMILES string of the molecule is CCC(CN(C)Cc1cccnc1)Oc1ccc(-c2ccccc2C)c2ccccc12. The Kier molecular flexibility index (Phi) is 6.63. The molecule has 4 aromatic rings. The van der Waals surface area contributed by atoms with Gasteiger partial charge in [-0.3, -0.25) is 9.88 Å². The van der Waals surface area contributed by atoms with Crippen LogP contribution < -0.4 is 4.74 Å². The fraction of sp³-hybridized carbons (Fsp3) is 0.250. The van der Waals surface area contributed by atoms with Crippen LogP contribution in [0.2, 0.25) is 0 Å². The molecule has 0 N–H and O–H groups in total. The van der Waals surface area contributed by atoms with Crippen molar-refractivity contribution in [2.75, 3.05) is 13.6 Å². The van der Waals surface area contributed by atoms with Crippen LogP contribution in [0.3, 0.4) is 0 Å². The summed E-state index contributed by atoms with van der Waals surface area (Å²) >= 11 is 0. The molecular formula is C28H30N2O. The minimum absolute atomic E-state index is 0.120. The van der Waals surface area contributed by atoms with Crippen LogP contribution in [0.5, 0.6) is 5.75 Å². The van der Waals surface area contributed by atoms with Gasteiger partial charge in [0.25, 0.3) is 0 Å². The van der Waals surface area contributed by atoms with Crippen LogP contribution in [0.25, 0.3) is 21.9 Å². The van der Waals surface area contributed by atoms with Gasteiger partial charge in [-0.05, 0) is 60.2 Å².